The van der Waals surface area contributed by atoms with E-state index in [0.29, 0.717) is 29.3 Å². The van der Waals surface area contributed by atoms with E-state index in [1.807, 2.05) is 79.7 Å². The molecule has 0 unspecified atom stereocenters. The van der Waals surface area contributed by atoms with Gasteiger partial charge in [0.05, 0.1) is 11.4 Å². The number of amides is 1. The third kappa shape index (κ3) is 6.32. The molecule has 0 aliphatic rings. The monoisotopic (exact) mass is 528 g/mol. The van der Waals surface area contributed by atoms with E-state index in [2.05, 4.69) is 5.32 Å². The number of ether oxygens (including phenoxy) is 1. The first kappa shape index (κ1) is 26.1. The lowest BCUT2D eigenvalue weighted by molar-refractivity contribution is -0.112. The summed E-state index contributed by atoms with van der Waals surface area (Å²) in [7, 11) is 0. The van der Waals surface area contributed by atoms with Crippen LogP contribution in [0.3, 0.4) is 0 Å². The molecule has 1 amide bonds. The average Bonchev–Trinajstić information content (AvgIpc) is 3.41. The summed E-state index contributed by atoms with van der Waals surface area (Å²) in [6, 6.07) is 32.5. The number of halogens is 1. The molecule has 7 heteroatoms. The number of anilines is 1. The SMILES string of the molecule is Cc1ccc(NC(=O)C(C#N)=Cc2cn(-c3ccccc3)nc2-c2ccc(OCc3ccc(F)cc3)cc2)cc1. The molecule has 0 bridgehead atoms. The Morgan fingerprint density at radius 3 is 2.35 bits per heavy atom. The van der Waals surface area contributed by atoms with Crippen molar-refractivity contribution in [1.29, 1.82) is 5.26 Å². The van der Waals surface area contributed by atoms with Gasteiger partial charge >= 0.3 is 0 Å². The van der Waals surface area contributed by atoms with Crippen molar-refractivity contribution in [3.05, 3.63) is 137 Å². The van der Waals surface area contributed by atoms with E-state index < -0.39 is 5.91 Å². The molecule has 40 heavy (non-hydrogen) atoms. The van der Waals surface area contributed by atoms with Crippen LogP contribution in [0.25, 0.3) is 23.0 Å². The predicted octanol–water partition coefficient (Wildman–Crippen LogP) is 7.11. The lowest BCUT2D eigenvalue weighted by atomic mass is 10.1. The van der Waals surface area contributed by atoms with Crippen LogP contribution < -0.4 is 10.1 Å². The number of benzene rings is 4. The van der Waals surface area contributed by atoms with Crippen LogP contribution in [0.5, 0.6) is 5.75 Å². The molecule has 6 nitrogen and oxygen atoms in total. The van der Waals surface area contributed by atoms with Crippen LogP contribution in [-0.2, 0) is 11.4 Å². The first-order chi connectivity index (χ1) is 19.5. The molecule has 0 aliphatic carbocycles. The Morgan fingerprint density at radius 1 is 0.975 bits per heavy atom. The van der Waals surface area contributed by atoms with Crippen LogP contribution in [0.15, 0.2) is 115 Å². The summed E-state index contributed by atoms with van der Waals surface area (Å²) in [6.07, 6.45) is 3.34. The maximum absolute atomic E-state index is 13.2. The van der Waals surface area contributed by atoms with Crippen molar-refractivity contribution in [2.24, 2.45) is 0 Å². The molecule has 4 aromatic carbocycles. The Morgan fingerprint density at radius 2 is 1.68 bits per heavy atom. The smallest absolute Gasteiger partial charge is 0.266 e. The number of carbonyl (C=O) groups excluding carboxylic acids is 1. The van der Waals surface area contributed by atoms with Crippen molar-refractivity contribution in [2.75, 3.05) is 5.32 Å². The van der Waals surface area contributed by atoms with E-state index in [4.69, 9.17) is 9.84 Å². The number of aryl methyl sites for hydroxylation is 1. The molecule has 0 saturated heterocycles. The molecule has 1 aromatic heterocycles. The van der Waals surface area contributed by atoms with E-state index >= 15 is 0 Å². The van der Waals surface area contributed by atoms with E-state index in [9.17, 15) is 14.4 Å². The molecule has 1 N–H and O–H groups in total. The molecular weight excluding hydrogens is 503 g/mol. The zero-order chi connectivity index (χ0) is 27.9. The van der Waals surface area contributed by atoms with Crippen molar-refractivity contribution < 1.29 is 13.9 Å². The Bertz CT molecular complexity index is 1680. The van der Waals surface area contributed by atoms with Crippen LogP contribution in [0.4, 0.5) is 10.1 Å². The number of nitrogens with zero attached hydrogens (tertiary/aromatic N) is 3. The maximum Gasteiger partial charge on any atom is 0.266 e. The second kappa shape index (κ2) is 11.9. The van der Waals surface area contributed by atoms with Gasteiger partial charge in [-0.3, -0.25) is 4.79 Å². The Hall–Kier alpha value is -5.48. The minimum Gasteiger partial charge on any atom is -0.489 e. The van der Waals surface area contributed by atoms with Gasteiger partial charge < -0.3 is 10.1 Å². The van der Waals surface area contributed by atoms with Gasteiger partial charge in [0, 0.05) is 23.0 Å². The second-order valence-corrected chi connectivity index (χ2v) is 9.14. The maximum atomic E-state index is 13.2. The molecule has 196 valence electrons. The first-order valence-electron chi connectivity index (χ1n) is 12.6. The summed E-state index contributed by atoms with van der Waals surface area (Å²) in [4.78, 5) is 12.9. The van der Waals surface area contributed by atoms with Crippen molar-refractivity contribution in [2.45, 2.75) is 13.5 Å². The molecule has 5 aromatic rings. The van der Waals surface area contributed by atoms with Crippen molar-refractivity contribution in [3.8, 4) is 28.8 Å². The lowest BCUT2D eigenvalue weighted by Gasteiger charge is -2.07. The minimum atomic E-state index is -0.505. The van der Waals surface area contributed by atoms with Crippen LogP contribution >= 0.6 is 0 Å². The van der Waals surface area contributed by atoms with Gasteiger partial charge in [-0.1, -0.05) is 48.0 Å². The number of hydrogen-bond donors (Lipinski definition) is 1. The molecular formula is C33H25FN4O2. The fourth-order valence-corrected chi connectivity index (χ4v) is 4.03. The van der Waals surface area contributed by atoms with Crippen LogP contribution in [0.1, 0.15) is 16.7 Å². The Balaban J connectivity index is 1.43. The van der Waals surface area contributed by atoms with Gasteiger partial charge in [-0.05, 0) is 79.2 Å². The standard InChI is InChI=1S/C33H25FN4O2/c1-23-7-15-29(16-8-23)36-33(39)26(20-35)19-27-21-38(30-5-3-2-4-6-30)37-32(27)25-11-17-31(18-12-25)40-22-24-9-13-28(34)14-10-24/h2-19,21H,22H2,1H3,(H,36,39). The van der Waals surface area contributed by atoms with Gasteiger partial charge in [0.1, 0.15) is 29.8 Å². The van der Waals surface area contributed by atoms with Gasteiger partial charge in [-0.25, -0.2) is 9.07 Å². The number of carbonyl (C=O) groups is 1. The molecule has 1 heterocycles. The number of para-hydroxylation sites is 1. The fraction of sp³-hybridized carbons (Fsp3) is 0.0606. The third-order valence-corrected chi connectivity index (χ3v) is 6.18. The quantitative estimate of drug-likeness (QED) is 0.172. The van der Waals surface area contributed by atoms with Crippen LogP contribution in [0, 0.1) is 24.1 Å². The highest BCUT2D eigenvalue weighted by Gasteiger charge is 2.16. The molecule has 5 rings (SSSR count). The zero-order valence-corrected chi connectivity index (χ0v) is 21.7. The molecule has 0 aliphatic heterocycles. The average molecular weight is 529 g/mol. The Labute approximate surface area is 231 Å². The number of nitriles is 1. The van der Waals surface area contributed by atoms with E-state index in [1.165, 1.54) is 12.1 Å². The minimum absolute atomic E-state index is 0.0475. The summed E-state index contributed by atoms with van der Waals surface area (Å²) in [5, 5.41) is 17.4. The Kier molecular flexibility index (Phi) is 7.79. The lowest BCUT2D eigenvalue weighted by Crippen LogP contribution is -2.13. The number of hydrogen-bond acceptors (Lipinski definition) is 4. The highest BCUT2D eigenvalue weighted by atomic mass is 19.1. The van der Waals surface area contributed by atoms with Gasteiger partial charge in [-0.2, -0.15) is 10.4 Å². The summed E-state index contributed by atoms with van der Waals surface area (Å²) >= 11 is 0. The molecule has 0 saturated carbocycles. The van der Waals surface area contributed by atoms with E-state index in [0.717, 1.165) is 22.4 Å². The molecule has 0 spiro atoms. The number of nitrogens with one attached hydrogen (secondary N) is 1. The summed E-state index contributed by atoms with van der Waals surface area (Å²) in [5.41, 5.74) is 5.31. The predicted molar refractivity (Wildman–Crippen MR) is 153 cm³/mol. The topological polar surface area (TPSA) is 79.9 Å². The van der Waals surface area contributed by atoms with E-state index in [1.54, 1.807) is 41.2 Å². The normalized spacial score (nSPS) is 11.1. The largest absolute Gasteiger partial charge is 0.489 e. The molecule has 0 radical (unpaired) electrons. The molecule has 0 atom stereocenters. The number of aromatic nitrogens is 2. The van der Waals surface area contributed by atoms with Gasteiger partial charge in [-0.15, -0.1) is 0 Å². The van der Waals surface area contributed by atoms with Gasteiger partial charge in [0.2, 0.25) is 0 Å². The van der Waals surface area contributed by atoms with Crippen LogP contribution in [0.2, 0.25) is 0 Å². The summed E-state index contributed by atoms with van der Waals surface area (Å²) in [5.74, 6) is -0.155. The first-order valence-corrected chi connectivity index (χ1v) is 12.6. The van der Waals surface area contributed by atoms with E-state index in [-0.39, 0.29) is 11.4 Å². The van der Waals surface area contributed by atoms with Gasteiger partial charge in [0.25, 0.3) is 5.91 Å². The van der Waals surface area contributed by atoms with Crippen molar-refractivity contribution >= 4 is 17.7 Å². The third-order valence-electron chi connectivity index (χ3n) is 6.18. The summed E-state index contributed by atoms with van der Waals surface area (Å²) in [6.45, 7) is 2.26. The van der Waals surface area contributed by atoms with Gasteiger partial charge in [0.15, 0.2) is 0 Å². The highest BCUT2D eigenvalue weighted by Crippen LogP contribution is 2.28. The molecule has 0 fully saturated rings. The van der Waals surface area contributed by atoms with Crippen LogP contribution in [-0.4, -0.2) is 15.7 Å². The van der Waals surface area contributed by atoms with Crippen molar-refractivity contribution in [3.63, 3.8) is 0 Å². The zero-order valence-electron chi connectivity index (χ0n) is 21.7. The number of rotatable bonds is 8. The second-order valence-electron chi connectivity index (χ2n) is 9.14. The van der Waals surface area contributed by atoms with Crippen molar-refractivity contribution in [1.82, 2.24) is 9.78 Å². The fourth-order valence-electron chi connectivity index (χ4n) is 4.03. The summed E-state index contributed by atoms with van der Waals surface area (Å²) < 4.78 is 20.7. The highest BCUT2D eigenvalue weighted by molar-refractivity contribution is 6.10.